The molecule has 0 aromatic carbocycles. The highest BCUT2D eigenvalue weighted by Crippen LogP contribution is 2.31. The Labute approximate surface area is 177 Å². The highest BCUT2D eigenvalue weighted by Gasteiger charge is 2.24. The molecular formula is C20H23N5O3S2. The van der Waals surface area contributed by atoms with E-state index in [1.165, 1.54) is 12.3 Å². The summed E-state index contributed by atoms with van der Waals surface area (Å²) in [5.41, 5.74) is 5.61. The number of hydrogen-bond donors (Lipinski definition) is 0. The molecular weight excluding hydrogens is 422 g/mol. The molecule has 158 valence electrons. The van der Waals surface area contributed by atoms with Gasteiger partial charge in [-0.25, -0.2) is 22.6 Å². The second-order valence-corrected chi connectivity index (χ2v) is 11.1. The number of pyridine rings is 2. The van der Waals surface area contributed by atoms with Crippen molar-refractivity contribution in [2.24, 2.45) is 0 Å². The van der Waals surface area contributed by atoms with E-state index in [0.29, 0.717) is 27.4 Å². The molecule has 4 aromatic rings. The molecule has 0 fully saturated rings. The van der Waals surface area contributed by atoms with Gasteiger partial charge in [0.2, 0.25) is 0 Å². The average molecular weight is 446 g/mol. The molecule has 0 saturated carbocycles. The van der Waals surface area contributed by atoms with Crippen LogP contribution in [0, 0.1) is 27.7 Å². The molecule has 0 saturated heterocycles. The molecule has 30 heavy (non-hydrogen) atoms. The van der Waals surface area contributed by atoms with E-state index in [4.69, 9.17) is 5.10 Å². The van der Waals surface area contributed by atoms with Crippen LogP contribution >= 0.6 is 0 Å². The minimum atomic E-state index is -3.45. The Balaban J connectivity index is 2.07. The molecule has 1 unspecified atom stereocenters. The number of aromatic nitrogens is 5. The molecule has 4 heterocycles. The fourth-order valence-corrected chi connectivity index (χ4v) is 5.22. The van der Waals surface area contributed by atoms with Gasteiger partial charge < -0.3 is 0 Å². The van der Waals surface area contributed by atoms with Crippen LogP contribution in [0.15, 0.2) is 28.4 Å². The van der Waals surface area contributed by atoms with Gasteiger partial charge in [-0.1, -0.05) is 6.92 Å². The lowest BCUT2D eigenvalue weighted by Gasteiger charge is -2.12. The van der Waals surface area contributed by atoms with E-state index in [9.17, 15) is 12.6 Å². The Bertz CT molecular complexity index is 1470. The van der Waals surface area contributed by atoms with Crippen LogP contribution in [0.3, 0.4) is 0 Å². The maximum absolute atomic E-state index is 13.1. The molecule has 4 aromatic heterocycles. The summed E-state index contributed by atoms with van der Waals surface area (Å²) < 4.78 is 40.1. The number of rotatable bonds is 4. The molecule has 8 nitrogen and oxygen atoms in total. The van der Waals surface area contributed by atoms with Crippen LogP contribution in [0.25, 0.3) is 22.2 Å². The van der Waals surface area contributed by atoms with Gasteiger partial charge in [0.05, 0.1) is 21.8 Å². The van der Waals surface area contributed by atoms with E-state index in [1.807, 2.05) is 25.3 Å². The van der Waals surface area contributed by atoms with Gasteiger partial charge in [-0.3, -0.25) is 4.21 Å². The van der Waals surface area contributed by atoms with Crippen LogP contribution in [-0.4, -0.2) is 49.0 Å². The molecule has 0 N–H and O–H groups in total. The van der Waals surface area contributed by atoms with Crippen molar-refractivity contribution < 1.29 is 12.6 Å². The third kappa shape index (κ3) is 3.05. The Morgan fingerprint density at radius 2 is 1.77 bits per heavy atom. The molecule has 4 rings (SSSR count). The average Bonchev–Trinajstić information content (AvgIpc) is 3.30. The largest absolute Gasteiger partial charge is 0.254 e. The second-order valence-electron chi connectivity index (χ2n) is 7.43. The summed E-state index contributed by atoms with van der Waals surface area (Å²) in [4.78, 5) is 4.66. The van der Waals surface area contributed by atoms with Gasteiger partial charge in [-0.05, 0) is 44.4 Å². The van der Waals surface area contributed by atoms with Gasteiger partial charge in [-0.2, -0.15) is 5.10 Å². The molecule has 10 heteroatoms. The summed E-state index contributed by atoms with van der Waals surface area (Å²) in [6, 6.07) is 1.44. The first-order valence-electron chi connectivity index (χ1n) is 9.48. The van der Waals surface area contributed by atoms with Gasteiger partial charge in [0, 0.05) is 41.5 Å². The molecule has 0 aliphatic rings. The summed E-state index contributed by atoms with van der Waals surface area (Å²) in [6.07, 6.45) is 4.32. The Kier molecular flexibility index (Phi) is 4.81. The van der Waals surface area contributed by atoms with Crippen LogP contribution in [-0.2, 0) is 20.6 Å². The SMILES string of the molecule is CCS(=O)c1c(-n2cc3cnc(S(C)(=O)=O)cc3n2)nn2c(C)c(C)c(C)c(C)c12. The first kappa shape index (κ1) is 20.7. The number of nitrogens with zero attached hydrogens (tertiary/aromatic N) is 5. The lowest BCUT2D eigenvalue weighted by Crippen LogP contribution is -2.04. The van der Waals surface area contributed by atoms with Crippen molar-refractivity contribution in [3.63, 3.8) is 0 Å². The number of hydrogen-bond acceptors (Lipinski definition) is 6. The predicted molar refractivity (Wildman–Crippen MR) is 117 cm³/mol. The topological polar surface area (TPSA) is 99.2 Å². The van der Waals surface area contributed by atoms with Crippen molar-refractivity contribution in [2.45, 2.75) is 44.5 Å². The maximum atomic E-state index is 13.1. The smallest absolute Gasteiger partial charge is 0.192 e. The van der Waals surface area contributed by atoms with Crippen molar-refractivity contribution in [1.29, 1.82) is 0 Å². The van der Waals surface area contributed by atoms with Gasteiger partial charge in [0.15, 0.2) is 20.7 Å². The quantitative estimate of drug-likeness (QED) is 0.479. The number of sulfone groups is 1. The molecule has 0 aliphatic heterocycles. The first-order chi connectivity index (χ1) is 14.0. The van der Waals surface area contributed by atoms with Crippen molar-refractivity contribution >= 4 is 37.1 Å². The van der Waals surface area contributed by atoms with Crippen molar-refractivity contribution in [3.8, 4) is 5.82 Å². The van der Waals surface area contributed by atoms with Crippen LogP contribution in [0.2, 0.25) is 0 Å². The molecule has 0 spiro atoms. The molecule has 0 bridgehead atoms. The highest BCUT2D eigenvalue weighted by atomic mass is 32.2. The molecule has 1 atom stereocenters. The van der Waals surface area contributed by atoms with Gasteiger partial charge in [-0.15, -0.1) is 5.10 Å². The summed E-state index contributed by atoms with van der Waals surface area (Å²) >= 11 is 0. The summed E-state index contributed by atoms with van der Waals surface area (Å²) in [7, 11) is -4.72. The Morgan fingerprint density at radius 1 is 1.07 bits per heavy atom. The lowest BCUT2D eigenvalue weighted by molar-refractivity contribution is 0.598. The van der Waals surface area contributed by atoms with Gasteiger partial charge in [0.1, 0.15) is 4.90 Å². The standard InChI is InChI=1S/C20H23N5O3S2/c1-7-29(26)19-18-13(4)11(2)12(3)14(5)25(18)23-20(19)24-10-15-9-21-17(30(6,27)28)8-16(15)22-24/h8-10H,7H2,1-6H3. The van der Waals surface area contributed by atoms with Crippen LogP contribution in [0.1, 0.15) is 29.3 Å². The fraction of sp³-hybridized carbons (Fsp3) is 0.350. The van der Waals surface area contributed by atoms with Gasteiger partial charge in [0.25, 0.3) is 0 Å². The highest BCUT2D eigenvalue weighted by molar-refractivity contribution is 7.90. The zero-order valence-corrected chi connectivity index (χ0v) is 19.3. The van der Waals surface area contributed by atoms with E-state index in [1.54, 1.807) is 10.9 Å². The minimum absolute atomic E-state index is 0.0365. The van der Waals surface area contributed by atoms with Crippen LogP contribution < -0.4 is 0 Å². The molecule has 0 radical (unpaired) electrons. The maximum Gasteiger partial charge on any atom is 0.192 e. The second kappa shape index (κ2) is 6.98. The van der Waals surface area contributed by atoms with E-state index < -0.39 is 20.6 Å². The van der Waals surface area contributed by atoms with E-state index in [0.717, 1.165) is 34.2 Å². The van der Waals surface area contributed by atoms with Crippen LogP contribution in [0.4, 0.5) is 0 Å². The van der Waals surface area contributed by atoms with Gasteiger partial charge >= 0.3 is 0 Å². The van der Waals surface area contributed by atoms with Crippen LogP contribution in [0.5, 0.6) is 0 Å². The Hall–Kier alpha value is -2.59. The number of fused-ring (bicyclic) bond motifs is 2. The summed E-state index contributed by atoms with van der Waals surface area (Å²) in [5, 5.41) is 9.94. The summed E-state index contributed by atoms with van der Waals surface area (Å²) in [6.45, 7) is 9.99. The van der Waals surface area contributed by atoms with Crippen molar-refractivity contribution in [2.75, 3.05) is 12.0 Å². The third-order valence-electron chi connectivity index (χ3n) is 5.62. The predicted octanol–water partition coefficient (Wildman–Crippen LogP) is 2.83. The Morgan fingerprint density at radius 3 is 2.40 bits per heavy atom. The lowest BCUT2D eigenvalue weighted by atomic mass is 10.0. The minimum Gasteiger partial charge on any atom is -0.254 e. The zero-order chi connectivity index (χ0) is 22.0. The monoisotopic (exact) mass is 445 g/mol. The molecule has 0 aliphatic carbocycles. The van der Waals surface area contributed by atoms with Crippen molar-refractivity contribution in [1.82, 2.24) is 24.4 Å². The fourth-order valence-electron chi connectivity index (χ4n) is 3.57. The van der Waals surface area contributed by atoms with Crippen molar-refractivity contribution in [3.05, 3.63) is 40.8 Å². The molecule has 0 amide bonds. The summed E-state index contributed by atoms with van der Waals surface area (Å²) in [5.74, 6) is 0.920. The first-order valence-corrected chi connectivity index (χ1v) is 12.7. The van der Waals surface area contributed by atoms with E-state index >= 15 is 0 Å². The number of aryl methyl sites for hydroxylation is 2. The zero-order valence-electron chi connectivity index (χ0n) is 17.7. The normalized spacial score (nSPS) is 13.4. The van der Waals surface area contributed by atoms with E-state index in [2.05, 4.69) is 23.9 Å². The van der Waals surface area contributed by atoms with E-state index in [-0.39, 0.29) is 5.03 Å². The third-order valence-corrected chi connectivity index (χ3v) is 7.95.